The lowest BCUT2D eigenvalue weighted by Crippen LogP contribution is -2.57. The van der Waals surface area contributed by atoms with Crippen molar-refractivity contribution in [2.75, 3.05) is 13.7 Å². The van der Waals surface area contributed by atoms with Gasteiger partial charge in [0.25, 0.3) is 0 Å². The van der Waals surface area contributed by atoms with Crippen LogP contribution in [0, 0.1) is 5.41 Å². The van der Waals surface area contributed by atoms with Gasteiger partial charge >= 0.3 is 0 Å². The Labute approximate surface area is 155 Å². The van der Waals surface area contributed by atoms with E-state index in [1.165, 1.54) is 0 Å². The summed E-state index contributed by atoms with van der Waals surface area (Å²) in [5.74, 6) is 1.07. The molecule has 2 heterocycles. The van der Waals surface area contributed by atoms with Gasteiger partial charge in [-0.15, -0.1) is 0 Å². The Morgan fingerprint density at radius 2 is 1.96 bits per heavy atom. The van der Waals surface area contributed by atoms with Crippen molar-refractivity contribution >= 4 is 11.8 Å². The fourth-order valence-electron chi connectivity index (χ4n) is 5.82. The zero-order chi connectivity index (χ0) is 18.5. The molecule has 4 atom stereocenters. The number of benzene rings is 1. The number of methoxy groups -OCH3 is 1. The minimum Gasteiger partial charge on any atom is -0.496 e. The highest BCUT2D eigenvalue weighted by Gasteiger charge is 2.61. The van der Waals surface area contributed by atoms with Gasteiger partial charge in [-0.25, -0.2) is 0 Å². The second kappa shape index (κ2) is 6.29. The maximum Gasteiger partial charge on any atom is 0.227 e. The maximum absolute atomic E-state index is 13.3. The Hall–Kier alpha value is -2.04. The van der Waals surface area contributed by atoms with Crippen LogP contribution in [0.3, 0.4) is 0 Å². The third kappa shape index (κ3) is 2.51. The molecular weight excluding hydrogens is 328 g/mol. The zero-order valence-electron chi connectivity index (χ0n) is 15.9. The normalized spacial score (nSPS) is 32.5. The summed E-state index contributed by atoms with van der Waals surface area (Å²) in [6.07, 6.45) is 4.57. The second-order valence-electron chi connectivity index (χ2n) is 8.29. The average Bonchev–Trinajstić information content (AvgIpc) is 2.91. The van der Waals surface area contributed by atoms with E-state index in [1.54, 1.807) is 14.0 Å². The third-order valence-electron chi connectivity index (χ3n) is 6.89. The molecule has 0 aromatic heterocycles. The fourth-order valence-corrected chi connectivity index (χ4v) is 5.82. The standard InChI is InChI=1S/C21H28N2O3/c1-14(24)22-13-16-12-21(2)18(22)9-6-10-19(21)23(16)20(25)11-15-7-4-5-8-17(15)26-3/h4-5,7-8,16,18-19H,6,9-13H2,1-3H3/t16-,18+,19-,21+/m0/s1. The van der Waals surface area contributed by atoms with E-state index in [0.29, 0.717) is 13.0 Å². The van der Waals surface area contributed by atoms with Crippen LogP contribution in [-0.4, -0.2) is 53.4 Å². The van der Waals surface area contributed by atoms with E-state index in [4.69, 9.17) is 4.74 Å². The first-order valence-corrected chi connectivity index (χ1v) is 9.66. The topological polar surface area (TPSA) is 49.9 Å². The first-order valence-electron chi connectivity index (χ1n) is 9.66. The Balaban J connectivity index is 1.63. The number of rotatable bonds is 3. The molecule has 0 spiro atoms. The molecule has 2 aliphatic heterocycles. The van der Waals surface area contributed by atoms with Crippen molar-refractivity contribution in [1.29, 1.82) is 0 Å². The molecule has 3 aliphatic rings. The van der Waals surface area contributed by atoms with E-state index in [9.17, 15) is 9.59 Å². The van der Waals surface area contributed by atoms with Crippen LogP contribution >= 0.6 is 0 Å². The summed E-state index contributed by atoms with van der Waals surface area (Å²) in [6.45, 7) is 4.64. The van der Waals surface area contributed by atoms with Gasteiger partial charge in [0.15, 0.2) is 0 Å². The van der Waals surface area contributed by atoms with E-state index in [2.05, 4.69) is 11.8 Å². The molecule has 1 aliphatic carbocycles. The number of piperidine rings is 1. The Kier molecular flexibility index (Phi) is 4.20. The third-order valence-corrected chi connectivity index (χ3v) is 6.89. The quantitative estimate of drug-likeness (QED) is 0.837. The molecule has 2 bridgehead atoms. The van der Waals surface area contributed by atoms with E-state index in [0.717, 1.165) is 37.0 Å². The number of hydrogen-bond acceptors (Lipinski definition) is 3. The SMILES string of the molecule is COc1ccccc1CC(=O)N1[C@@H]2CN(C(C)=O)[C@@H]3CCC[C@H]1[C@]3(C)C2. The van der Waals surface area contributed by atoms with Gasteiger partial charge in [-0.3, -0.25) is 9.59 Å². The van der Waals surface area contributed by atoms with E-state index >= 15 is 0 Å². The average molecular weight is 356 g/mol. The molecule has 1 aromatic carbocycles. The predicted molar refractivity (Wildman–Crippen MR) is 98.9 cm³/mol. The molecule has 4 rings (SSSR count). The van der Waals surface area contributed by atoms with Crippen LogP contribution in [-0.2, 0) is 16.0 Å². The van der Waals surface area contributed by atoms with Crippen LogP contribution in [0.1, 0.15) is 45.1 Å². The molecule has 5 heteroatoms. The van der Waals surface area contributed by atoms with Crippen LogP contribution in [0.4, 0.5) is 0 Å². The smallest absolute Gasteiger partial charge is 0.227 e. The fraction of sp³-hybridized carbons (Fsp3) is 0.619. The molecule has 2 saturated heterocycles. The van der Waals surface area contributed by atoms with Crippen molar-refractivity contribution in [3.8, 4) is 5.75 Å². The number of carbonyl (C=O) groups is 2. The van der Waals surface area contributed by atoms with Crippen LogP contribution in [0.15, 0.2) is 24.3 Å². The summed E-state index contributed by atoms with van der Waals surface area (Å²) in [4.78, 5) is 29.7. The number of fused-ring (bicyclic) bond motifs is 1. The van der Waals surface area contributed by atoms with Gasteiger partial charge < -0.3 is 14.5 Å². The van der Waals surface area contributed by atoms with Crippen molar-refractivity contribution in [1.82, 2.24) is 9.80 Å². The molecular formula is C21H28N2O3. The van der Waals surface area contributed by atoms with Gasteiger partial charge in [-0.1, -0.05) is 25.1 Å². The number of ether oxygens (including phenoxy) is 1. The van der Waals surface area contributed by atoms with E-state index < -0.39 is 0 Å². The lowest BCUT2D eigenvalue weighted by molar-refractivity contribution is -0.137. The summed E-state index contributed by atoms with van der Waals surface area (Å²) in [5, 5.41) is 0. The Bertz CT molecular complexity index is 734. The molecule has 0 unspecified atom stereocenters. The summed E-state index contributed by atoms with van der Waals surface area (Å²) < 4.78 is 5.42. The number of para-hydroxylation sites is 1. The predicted octanol–water partition coefficient (Wildman–Crippen LogP) is 2.63. The summed E-state index contributed by atoms with van der Waals surface area (Å²) >= 11 is 0. The number of amides is 2. The summed E-state index contributed by atoms with van der Waals surface area (Å²) in [6, 6.07) is 8.41. The van der Waals surface area contributed by atoms with Crippen LogP contribution in [0.25, 0.3) is 0 Å². The van der Waals surface area contributed by atoms with Crippen LogP contribution in [0.2, 0.25) is 0 Å². The van der Waals surface area contributed by atoms with Gasteiger partial charge in [0.05, 0.1) is 19.6 Å². The van der Waals surface area contributed by atoms with E-state index in [-0.39, 0.29) is 35.4 Å². The van der Waals surface area contributed by atoms with Crippen molar-refractivity contribution in [2.24, 2.45) is 5.41 Å². The Morgan fingerprint density at radius 3 is 2.69 bits per heavy atom. The largest absolute Gasteiger partial charge is 0.496 e. The molecule has 3 fully saturated rings. The lowest BCUT2D eigenvalue weighted by atomic mass is 9.66. The van der Waals surface area contributed by atoms with Crippen LogP contribution < -0.4 is 4.74 Å². The summed E-state index contributed by atoms with van der Waals surface area (Å²) in [7, 11) is 1.64. The molecule has 1 aromatic rings. The van der Waals surface area contributed by atoms with Gasteiger partial charge in [0.1, 0.15) is 5.75 Å². The molecule has 140 valence electrons. The van der Waals surface area contributed by atoms with Crippen molar-refractivity contribution in [3.63, 3.8) is 0 Å². The van der Waals surface area contributed by atoms with Crippen molar-refractivity contribution < 1.29 is 14.3 Å². The molecule has 0 N–H and O–H groups in total. The molecule has 0 radical (unpaired) electrons. The number of carbonyl (C=O) groups excluding carboxylic acids is 2. The van der Waals surface area contributed by atoms with Crippen molar-refractivity contribution in [2.45, 2.75) is 64.1 Å². The summed E-state index contributed by atoms with van der Waals surface area (Å²) in [5.41, 5.74) is 0.964. The van der Waals surface area contributed by atoms with Gasteiger partial charge in [0.2, 0.25) is 11.8 Å². The highest BCUT2D eigenvalue weighted by Crippen LogP contribution is 2.54. The molecule has 26 heavy (non-hydrogen) atoms. The Morgan fingerprint density at radius 1 is 1.23 bits per heavy atom. The first-order chi connectivity index (χ1) is 12.5. The number of likely N-dealkylation sites (tertiary alicyclic amines) is 2. The van der Waals surface area contributed by atoms with Crippen molar-refractivity contribution in [3.05, 3.63) is 29.8 Å². The molecule has 1 saturated carbocycles. The minimum atomic E-state index is 0.0310. The van der Waals surface area contributed by atoms with Gasteiger partial charge in [-0.2, -0.15) is 0 Å². The van der Waals surface area contributed by atoms with E-state index in [1.807, 2.05) is 29.2 Å². The molecule has 5 nitrogen and oxygen atoms in total. The number of nitrogens with zero attached hydrogens (tertiary/aromatic N) is 2. The zero-order valence-corrected chi connectivity index (χ0v) is 15.9. The first kappa shape index (κ1) is 17.4. The molecule has 2 amide bonds. The minimum absolute atomic E-state index is 0.0310. The lowest BCUT2D eigenvalue weighted by Gasteiger charge is -2.49. The number of hydrogen-bond donors (Lipinski definition) is 0. The highest BCUT2D eigenvalue weighted by molar-refractivity contribution is 5.81. The van der Waals surface area contributed by atoms with Gasteiger partial charge in [-0.05, 0) is 31.7 Å². The maximum atomic E-state index is 13.3. The van der Waals surface area contributed by atoms with Gasteiger partial charge in [0, 0.05) is 36.5 Å². The monoisotopic (exact) mass is 356 g/mol. The second-order valence-corrected chi connectivity index (χ2v) is 8.29. The highest BCUT2D eigenvalue weighted by atomic mass is 16.5. The van der Waals surface area contributed by atoms with Crippen LogP contribution in [0.5, 0.6) is 5.75 Å².